The van der Waals surface area contributed by atoms with Crippen molar-refractivity contribution in [2.45, 2.75) is 6.92 Å². The third-order valence-electron chi connectivity index (χ3n) is 1.63. The Morgan fingerprint density at radius 3 is 2.38 bits per heavy atom. The highest BCUT2D eigenvalue weighted by Gasteiger charge is 2.16. The fraction of sp³-hybridized carbons (Fsp3) is 0.125. The first-order valence-corrected chi connectivity index (χ1v) is 4.11. The quantitative estimate of drug-likeness (QED) is 0.766. The maximum Gasteiger partial charge on any atom is 0.337 e. The largest absolute Gasteiger partial charge is 0.506 e. The number of benzene rings is 1. The van der Waals surface area contributed by atoms with Crippen molar-refractivity contribution in [1.29, 1.82) is 0 Å². The highest BCUT2D eigenvalue weighted by molar-refractivity contribution is 6.38. The van der Waals surface area contributed by atoms with E-state index in [0.717, 1.165) is 6.07 Å². The Morgan fingerprint density at radius 1 is 1.38 bits per heavy atom. The summed E-state index contributed by atoms with van der Waals surface area (Å²) in [6.07, 6.45) is 0. The standard InChI is InChI=1S/C8H6Cl2O3/c1-3-6(9)4(8(12)13)2-5(11)7(3)10/h2,11H,1H3,(H,12,13). The molecule has 0 radical (unpaired) electrons. The van der Waals surface area contributed by atoms with E-state index < -0.39 is 5.97 Å². The molecule has 0 aliphatic carbocycles. The summed E-state index contributed by atoms with van der Waals surface area (Å²) in [6.45, 7) is 1.54. The molecule has 0 bridgehead atoms. The molecule has 0 aliphatic heterocycles. The van der Waals surface area contributed by atoms with Crippen LogP contribution in [-0.2, 0) is 0 Å². The van der Waals surface area contributed by atoms with Gasteiger partial charge >= 0.3 is 5.97 Å². The summed E-state index contributed by atoms with van der Waals surface area (Å²) >= 11 is 11.3. The minimum absolute atomic E-state index is 0.0512. The fourth-order valence-electron chi connectivity index (χ4n) is 0.910. The molecule has 0 saturated heterocycles. The number of carboxylic acids is 1. The van der Waals surface area contributed by atoms with Crippen LogP contribution in [-0.4, -0.2) is 16.2 Å². The highest BCUT2D eigenvalue weighted by atomic mass is 35.5. The molecule has 0 saturated carbocycles. The first-order valence-electron chi connectivity index (χ1n) is 3.36. The van der Waals surface area contributed by atoms with Gasteiger partial charge in [-0.15, -0.1) is 0 Å². The van der Waals surface area contributed by atoms with E-state index in [-0.39, 0.29) is 21.4 Å². The summed E-state index contributed by atoms with van der Waals surface area (Å²) < 4.78 is 0. The van der Waals surface area contributed by atoms with E-state index in [9.17, 15) is 9.90 Å². The van der Waals surface area contributed by atoms with Gasteiger partial charge in [0.25, 0.3) is 0 Å². The highest BCUT2D eigenvalue weighted by Crippen LogP contribution is 2.34. The minimum atomic E-state index is -1.19. The van der Waals surface area contributed by atoms with Crippen LogP contribution in [0.1, 0.15) is 15.9 Å². The van der Waals surface area contributed by atoms with Crippen molar-refractivity contribution < 1.29 is 15.0 Å². The molecule has 0 fully saturated rings. The SMILES string of the molecule is Cc1c(Cl)c(O)cc(C(=O)O)c1Cl. The van der Waals surface area contributed by atoms with E-state index >= 15 is 0 Å². The molecule has 0 atom stereocenters. The van der Waals surface area contributed by atoms with Crippen LogP contribution in [0.4, 0.5) is 0 Å². The second-order valence-corrected chi connectivity index (χ2v) is 3.26. The van der Waals surface area contributed by atoms with Crippen LogP contribution in [0.25, 0.3) is 0 Å². The summed E-state index contributed by atoms with van der Waals surface area (Å²) in [4.78, 5) is 10.6. The Labute approximate surface area is 84.5 Å². The van der Waals surface area contributed by atoms with Crippen molar-refractivity contribution in [3.05, 3.63) is 27.2 Å². The van der Waals surface area contributed by atoms with E-state index in [0.29, 0.717) is 5.56 Å². The maximum atomic E-state index is 10.6. The van der Waals surface area contributed by atoms with Crippen molar-refractivity contribution in [2.75, 3.05) is 0 Å². The van der Waals surface area contributed by atoms with Crippen LogP contribution < -0.4 is 0 Å². The number of phenolic OH excluding ortho intramolecular Hbond substituents is 1. The summed E-state index contributed by atoms with van der Waals surface area (Å²) in [7, 11) is 0. The lowest BCUT2D eigenvalue weighted by atomic mass is 10.1. The number of halogens is 2. The van der Waals surface area contributed by atoms with Crippen molar-refractivity contribution in [2.24, 2.45) is 0 Å². The van der Waals surface area contributed by atoms with Gasteiger partial charge in [-0.25, -0.2) is 4.79 Å². The van der Waals surface area contributed by atoms with Gasteiger partial charge in [0.15, 0.2) is 0 Å². The number of carboxylic acid groups (broad SMARTS) is 1. The fourth-order valence-corrected chi connectivity index (χ4v) is 1.34. The van der Waals surface area contributed by atoms with Crippen molar-refractivity contribution in [3.8, 4) is 5.75 Å². The second kappa shape index (κ2) is 3.44. The molecule has 1 aromatic carbocycles. The summed E-state index contributed by atoms with van der Waals surface area (Å²) in [5.74, 6) is -1.47. The lowest BCUT2D eigenvalue weighted by Crippen LogP contribution is -1.99. The zero-order valence-electron chi connectivity index (χ0n) is 6.64. The van der Waals surface area contributed by atoms with Gasteiger partial charge in [0.2, 0.25) is 0 Å². The summed E-state index contributed by atoms with van der Waals surface area (Å²) in [6, 6.07) is 1.03. The molecular weight excluding hydrogens is 215 g/mol. The monoisotopic (exact) mass is 220 g/mol. The molecule has 0 aromatic heterocycles. The summed E-state index contributed by atoms with van der Waals surface area (Å²) in [5.41, 5.74) is 0.210. The number of hydrogen-bond donors (Lipinski definition) is 2. The van der Waals surface area contributed by atoms with Crippen molar-refractivity contribution >= 4 is 29.2 Å². The zero-order chi connectivity index (χ0) is 10.2. The lowest BCUT2D eigenvalue weighted by molar-refractivity contribution is 0.0696. The van der Waals surface area contributed by atoms with Gasteiger partial charge in [-0.1, -0.05) is 23.2 Å². The molecule has 0 amide bonds. The predicted octanol–water partition coefficient (Wildman–Crippen LogP) is 2.71. The smallest absolute Gasteiger partial charge is 0.337 e. The Morgan fingerprint density at radius 2 is 1.92 bits per heavy atom. The van der Waals surface area contributed by atoms with E-state index in [1.54, 1.807) is 0 Å². The third-order valence-corrected chi connectivity index (χ3v) is 2.60. The molecule has 70 valence electrons. The topological polar surface area (TPSA) is 57.5 Å². The Hall–Kier alpha value is -0.930. The van der Waals surface area contributed by atoms with E-state index in [1.165, 1.54) is 6.92 Å². The third kappa shape index (κ3) is 1.71. The van der Waals surface area contributed by atoms with Gasteiger partial charge in [0.1, 0.15) is 5.75 Å². The number of phenols is 1. The van der Waals surface area contributed by atoms with Crippen LogP contribution in [0.5, 0.6) is 5.75 Å². The van der Waals surface area contributed by atoms with Crippen molar-refractivity contribution in [3.63, 3.8) is 0 Å². The molecule has 0 heterocycles. The average molecular weight is 221 g/mol. The van der Waals surface area contributed by atoms with Gasteiger partial charge in [0, 0.05) is 0 Å². The minimum Gasteiger partial charge on any atom is -0.506 e. The van der Waals surface area contributed by atoms with Crippen LogP contribution in [0, 0.1) is 6.92 Å². The Bertz CT molecular complexity index is 374. The van der Waals surface area contributed by atoms with E-state index in [2.05, 4.69) is 0 Å². The normalized spacial score (nSPS) is 10.1. The predicted molar refractivity (Wildman–Crippen MR) is 49.8 cm³/mol. The Balaban J connectivity index is 3.50. The molecule has 13 heavy (non-hydrogen) atoms. The van der Waals surface area contributed by atoms with Crippen LogP contribution in [0.15, 0.2) is 6.07 Å². The van der Waals surface area contributed by atoms with Gasteiger partial charge in [-0.2, -0.15) is 0 Å². The number of aromatic hydroxyl groups is 1. The molecular formula is C8H6Cl2O3. The molecule has 0 unspecified atom stereocenters. The molecule has 1 rings (SSSR count). The molecule has 5 heteroatoms. The van der Waals surface area contributed by atoms with Crippen LogP contribution >= 0.6 is 23.2 Å². The van der Waals surface area contributed by atoms with Gasteiger partial charge in [0.05, 0.1) is 15.6 Å². The van der Waals surface area contributed by atoms with E-state index in [4.69, 9.17) is 28.3 Å². The van der Waals surface area contributed by atoms with Crippen LogP contribution in [0.2, 0.25) is 10.0 Å². The summed E-state index contributed by atoms with van der Waals surface area (Å²) in [5, 5.41) is 18.0. The average Bonchev–Trinajstić information content (AvgIpc) is 2.07. The van der Waals surface area contributed by atoms with Crippen LogP contribution in [0.3, 0.4) is 0 Å². The van der Waals surface area contributed by atoms with Crippen molar-refractivity contribution in [1.82, 2.24) is 0 Å². The number of aromatic carboxylic acids is 1. The molecule has 0 spiro atoms. The Kier molecular flexibility index (Phi) is 2.68. The zero-order valence-corrected chi connectivity index (χ0v) is 8.15. The lowest BCUT2D eigenvalue weighted by Gasteiger charge is -2.06. The first kappa shape index (κ1) is 10.2. The molecule has 3 nitrogen and oxygen atoms in total. The molecule has 0 aliphatic rings. The second-order valence-electron chi connectivity index (χ2n) is 2.50. The number of hydrogen-bond acceptors (Lipinski definition) is 2. The maximum absolute atomic E-state index is 10.6. The van der Waals surface area contributed by atoms with Gasteiger partial charge in [-0.05, 0) is 18.6 Å². The number of rotatable bonds is 1. The number of carbonyl (C=O) groups is 1. The van der Waals surface area contributed by atoms with E-state index in [1.807, 2.05) is 0 Å². The van der Waals surface area contributed by atoms with Gasteiger partial charge < -0.3 is 10.2 Å². The molecule has 1 aromatic rings. The van der Waals surface area contributed by atoms with Gasteiger partial charge in [-0.3, -0.25) is 0 Å². The first-order chi connectivity index (χ1) is 5.95. The molecule has 2 N–H and O–H groups in total.